The lowest BCUT2D eigenvalue weighted by atomic mass is 10.1. The minimum absolute atomic E-state index is 0.642. The largest absolute Gasteiger partial charge is 0.496 e. The van der Waals surface area contributed by atoms with Gasteiger partial charge in [-0.1, -0.05) is 18.2 Å². The predicted octanol–water partition coefficient (Wildman–Crippen LogP) is 1.78. The van der Waals surface area contributed by atoms with E-state index in [0.717, 1.165) is 42.3 Å². The molecular weight excluding hydrogens is 304 g/mol. The molecule has 3 heterocycles. The van der Waals surface area contributed by atoms with E-state index in [9.17, 15) is 0 Å². The molecule has 1 aliphatic heterocycles. The van der Waals surface area contributed by atoms with Crippen LogP contribution in [0.15, 0.2) is 24.3 Å². The Bertz CT molecular complexity index is 852. The van der Waals surface area contributed by atoms with E-state index in [1.807, 2.05) is 24.3 Å². The molecule has 1 aromatic carbocycles. The zero-order chi connectivity index (χ0) is 16.5. The van der Waals surface area contributed by atoms with Crippen molar-refractivity contribution in [3.05, 3.63) is 46.9 Å². The standard InChI is InChI=1S/C17H20N6O/c1-23-8-7-13-12(10-23)16(21-19-13)17-18-15(20-22-17)9-11-5-3-4-6-14(11)24-2/h3-6H,7-10H2,1-2H3,(H,19,21)(H,18,20,22). The number of aromatic amines is 2. The van der Waals surface area contributed by atoms with Crippen LogP contribution in [0.1, 0.15) is 22.6 Å². The van der Waals surface area contributed by atoms with Gasteiger partial charge in [-0.05, 0) is 13.1 Å². The van der Waals surface area contributed by atoms with Gasteiger partial charge in [0.05, 0.1) is 7.11 Å². The Kier molecular flexibility index (Phi) is 3.78. The van der Waals surface area contributed by atoms with E-state index < -0.39 is 0 Å². The van der Waals surface area contributed by atoms with E-state index in [4.69, 9.17) is 4.74 Å². The lowest BCUT2D eigenvalue weighted by Crippen LogP contribution is -2.26. The normalized spacial score (nSPS) is 14.6. The van der Waals surface area contributed by atoms with Crippen LogP contribution in [0.3, 0.4) is 0 Å². The van der Waals surface area contributed by atoms with Crippen LogP contribution in [0, 0.1) is 0 Å². The number of nitrogens with zero attached hydrogens (tertiary/aromatic N) is 4. The van der Waals surface area contributed by atoms with Crippen molar-refractivity contribution < 1.29 is 4.74 Å². The van der Waals surface area contributed by atoms with Gasteiger partial charge in [-0.2, -0.15) is 10.2 Å². The minimum Gasteiger partial charge on any atom is -0.496 e. The Labute approximate surface area is 140 Å². The second-order valence-electron chi connectivity index (χ2n) is 6.11. The third-order valence-electron chi connectivity index (χ3n) is 4.42. The lowest BCUT2D eigenvalue weighted by Gasteiger charge is -2.21. The Morgan fingerprint density at radius 2 is 2.08 bits per heavy atom. The Balaban J connectivity index is 1.61. The van der Waals surface area contributed by atoms with Crippen molar-refractivity contribution in [2.75, 3.05) is 20.7 Å². The molecule has 1 aliphatic rings. The number of nitrogens with one attached hydrogen (secondary N) is 2. The van der Waals surface area contributed by atoms with Crippen LogP contribution >= 0.6 is 0 Å². The summed E-state index contributed by atoms with van der Waals surface area (Å²) in [6, 6.07) is 7.94. The number of likely N-dealkylation sites (N-methyl/N-ethyl adjacent to an activating group) is 1. The summed E-state index contributed by atoms with van der Waals surface area (Å²) in [6.07, 6.45) is 1.63. The van der Waals surface area contributed by atoms with Crippen LogP contribution in [-0.4, -0.2) is 51.0 Å². The molecule has 0 amide bonds. The van der Waals surface area contributed by atoms with Crippen LogP contribution in [0.5, 0.6) is 5.75 Å². The average Bonchev–Trinajstić information content (AvgIpc) is 3.21. The molecule has 0 fully saturated rings. The van der Waals surface area contributed by atoms with Gasteiger partial charge in [0, 0.05) is 42.8 Å². The molecule has 0 aliphatic carbocycles. The molecule has 0 bridgehead atoms. The third kappa shape index (κ3) is 2.67. The third-order valence-corrected chi connectivity index (χ3v) is 4.42. The van der Waals surface area contributed by atoms with Gasteiger partial charge in [0.1, 0.15) is 17.3 Å². The SMILES string of the molecule is COc1ccccc1Cc1nc(-c2n[nH]c3c2CN(C)CC3)n[nH]1. The maximum atomic E-state index is 5.40. The molecule has 2 aromatic heterocycles. The second kappa shape index (κ2) is 6.09. The molecule has 0 radical (unpaired) electrons. The zero-order valence-electron chi connectivity index (χ0n) is 13.8. The summed E-state index contributed by atoms with van der Waals surface area (Å²) in [5.41, 5.74) is 4.32. The number of aromatic nitrogens is 5. The average molecular weight is 324 g/mol. The number of benzene rings is 1. The van der Waals surface area contributed by atoms with Crippen molar-refractivity contribution in [1.82, 2.24) is 30.3 Å². The molecule has 2 N–H and O–H groups in total. The highest BCUT2D eigenvalue weighted by atomic mass is 16.5. The van der Waals surface area contributed by atoms with E-state index >= 15 is 0 Å². The molecule has 0 atom stereocenters. The monoisotopic (exact) mass is 324 g/mol. The first-order valence-corrected chi connectivity index (χ1v) is 8.03. The summed E-state index contributed by atoms with van der Waals surface area (Å²) in [5, 5.41) is 15.0. The van der Waals surface area contributed by atoms with Gasteiger partial charge in [0.15, 0.2) is 0 Å². The highest BCUT2D eigenvalue weighted by Crippen LogP contribution is 2.26. The maximum absolute atomic E-state index is 5.40. The highest BCUT2D eigenvalue weighted by Gasteiger charge is 2.23. The van der Waals surface area contributed by atoms with Gasteiger partial charge in [-0.3, -0.25) is 10.2 Å². The first-order chi connectivity index (χ1) is 11.7. The number of rotatable bonds is 4. The lowest BCUT2D eigenvalue weighted by molar-refractivity contribution is 0.312. The number of fused-ring (bicyclic) bond motifs is 1. The molecule has 0 spiro atoms. The Morgan fingerprint density at radius 3 is 2.96 bits per heavy atom. The van der Waals surface area contributed by atoms with Crippen LogP contribution < -0.4 is 4.74 Å². The summed E-state index contributed by atoms with van der Waals surface area (Å²) in [4.78, 5) is 6.91. The summed E-state index contributed by atoms with van der Waals surface area (Å²) in [6.45, 7) is 1.92. The quantitative estimate of drug-likeness (QED) is 0.764. The predicted molar refractivity (Wildman–Crippen MR) is 89.8 cm³/mol. The van der Waals surface area contributed by atoms with Gasteiger partial charge in [-0.25, -0.2) is 4.98 Å². The van der Waals surface area contributed by atoms with Crippen molar-refractivity contribution in [2.45, 2.75) is 19.4 Å². The molecular formula is C17H20N6O. The summed E-state index contributed by atoms with van der Waals surface area (Å²) in [7, 11) is 3.79. The van der Waals surface area contributed by atoms with Crippen LogP contribution in [0.2, 0.25) is 0 Å². The molecule has 3 aromatic rings. The molecule has 7 heteroatoms. The Morgan fingerprint density at radius 1 is 1.21 bits per heavy atom. The van der Waals surface area contributed by atoms with Crippen LogP contribution in [0.25, 0.3) is 11.5 Å². The maximum Gasteiger partial charge on any atom is 0.202 e. The fourth-order valence-corrected chi connectivity index (χ4v) is 3.12. The number of H-pyrrole nitrogens is 2. The van der Waals surface area contributed by atoms with Crippen molar-refractivity contribution in [3.8, 4) is 17.3 Å². The van der Waals surface area contributed by atoms with Crippen molar-refractivity contribution in [3.63, 3.8) is 0 Å². The van der Waals surface area contributed by atoms with Crippen molar-refractivity contribution >= 4 is 0 Å². The molecule has 0 unspecified atom stereocenters. The second-order valence-corrected chi connectivity index (χ2v) is 6.11. The number of methoxy groups -OCH3 is 1. The van der Waals surface area contributed by atoms with Crippen molar-refractivity contribution in [2.24, 2.45) is 0 Å². The van der Waals surface area contributed by atoms with Crippen molar-refractivity contribution in [1.29, 1.82) is 0 Å². The summed E-state index contributed by atoms with van der Waals surface area (Å²) >= 11 is 0. The molecule has 24 heavy (non-hydrogen) atoms. The van der Waals surface area contributed by atoms with Gasteiger partial charge in [-0.15, -0.1) is 0 Å². The fraction of sp³-hybridized carbons (Fsp3) is 0.353. The molecule has 4 rings (SSSR count). The smallest absolute Gasteiger partial charge is 0.202 e. The van der Waals surface area contributed by atoms with Gasteiger partial charge in [0.25, 0.3) is 0 Å². The number of ether oxygens (including phenoxy) is 1. The first kappa shape index (κ1) is 14.9. The zero-order valence-corrected chi connectivity index (χ0v) is 13.8. The Hall–Kier alpha value is -2.67. The first-order valence-electron chi connectivity index (χ1n) is 8.03. The van der Waals surface area contributed by atoms with Gasteiger partial charge in [0.2, 0.25) is 5.82 Å². The van der Waals surface area contributed by atoms with Gasteiger partial charge < -0.3 is 9.64 Å². The topological polar surface area (TPSA) is 82.7 Å². The van der Waals surface area contributed by atoms with E-state index in [-0.39, 0.29) is 0 Å². The van der Waals surface area contributed by atoms with Crippen LogP contribution in [0.4, 0.5) is 0 Å². The summed E-state index contributed by atoms with van der Waals surface area (Å²) in [5.74, 6) is 2.30. The highest BCUT2D eigenvalue weighted by molar-refractivity contribution is 5.56. The van der Waals surface area contributed by atoms with E-state index in [1.54, 1.807) is 7.11 Å². The fourth-order valence-electron chi connectivity index (χ4n) is 3.12. The number of hydrogen-bond donors (Lipinski definition) is 2. The van der Waals surface area contributed by atoms with E-state index in [1.165, 1.54) is 11.3 Å². The van der Waals surface area contributed by atoms with Crippen LogP contribution in [-0.2, 0) is 19.4 Å². The molecule has 124 valence electrons. The van der Waals surface area contributed by atoms with Gasteiger partial charge >= 0.3 is 0 Å². The van der Waals surface area contributed by atoms with E-state index in [0.29, 0.717) is 12.2 Å². The number of hydrogen-bond acceptors (Lipinski definition) is 5. The molecule has 0 saturated heterocycles. The summed E-state index contributed by atoms with van der Waals surface area (Å²) < 4.78 is 5.40. The number of para-hydroxylation sites is 1. The minimum atomic E-state index is 0.642. The molecule has 0 saturated carbocycles. The van der Waals surface area contributed by atoms with E-state index in [2.05, 4.69) is 37.3 Å². The molecule has 7 nitrogen and oxygen atoms in total.